The molecule has 0 N–H and O–H groups in total. The average molecular weight is 313 g/mol. The Hall–Kier alpha value is -0.780. The highest BCUT2D eigenvalue weighted by Gasteiger charge is 2.23. The van der Waals surface area contributed by atoms with Crippen molar-refractivity contribution in [1.82, 2.24) is 0 Å². The van der Waals surface area contributed by atoms with Crippen LogP contribution >= 0.6 is 0 Å². The molecule has 0 unspecified atom stereocenters. The third-order valence-corrected chi connectivity index (χ3v) is 6.89. The van der Waals surface area contributed by atoms with Crippen LogP contribution in [0.1, 0.15) is 95.5 Å². The molecule has 0 heterocycles. The first kappa shape index (κ1) is 17.1. The fourth-order valence-electron chi connectivity index (χ4n) is 5.13. The zero-order valence-electron chi connectivity index (χ0n) is 15.2. The Morgan fingerprint density at radius 1 is 0.696 bits per heavy atom. The highest BCUT2D eigenvalue weighted by molar-refractivity contribution is 5.19. The SMILES string of the molecule is CCC1CCC(CCCC2CCC(c3ccccc3)CC2)CC1. The van der Waals surface area contributed by atoms with Gasteiger partial charge >= 0.3 is 0 Å². The predicted octanol–water partition coefficient (Wildman–Crippen LogP) is 7.35. The maximum atomic E-state index is 2.37. The molecule has 0 aromatic heterocycles. The molecule has 2 aliphatic carbocycles. The Kier molecular flexibility index (Phi) is 6.60. The molecular formula is C23H36. The van der Waals surface area contributed by atoms with Crippen LogP contribution in [0.4, 0.5) is 0 Å². The number of hydrogen-bond donors (Lipinski definition) is 0. The van der Waals surface area contributed by atoms with E-state index in [1.807, 2.05) is 0 Å². The van der Waals surface area contributed by atoms with E-state index in [9.17, 15) is 0 Å². The number of hydrogen-bond acceptors (Lipinski definition) is 0. The predicted molar refractivity (Wildman–Crippen MR) is 101 cm³/mol. The molecule has 0 aliphatic heterocycles. The van der Waals surface area contributed by atoms with Crippen LogP contribution in [0.3, 0.4) is 0 Å². The molecule has 2 saturated carbocycles. The Balaban J connectivity index is 1.31. The van der Waals surface area contributed by atoms with E-state index in [4.69, 9.17) is 0 Å². The molecule has 1 aromatic rings. The summed E-state index contributed by atoms with van der Waals surface area (Å²) >= 11 is 0. The molecule has 0 nitrogen and oxygen atoms in total. The minimum absolute atomic E-state index is 0.844. The fraction of sp³-hybridized carbons (Fsp3) is 0.739. The van der Waals surface area contributed by atoms with E-state index in [0.717, 1.165) is 23.7 Å². The van der Waals surface area contributed by atoms with Gasteiger partial charge in [0.1, 0.15) is 0 Å². The Morgan fingerprint density at radius 2 is 1.22 bits per heavy atom. The second kappa shape index (κ2) is 8.90. The van der Waals surface area contributed by atoms with E-state index in [0.29, 0.717) is 0 Å². The molecule has 2 fully saturated rings. The molecule has 2 aliphatic rings. The van der Waals surface area contributed by atoms with Crippen molar-refractivity contribution in [2.24, 2.45) is 17.8 Å². The Labute approximate surface area is 144 Å². The van der Waals surface area contributed by atoms with Crippen molar-refractivity contribution in [2.75, 3.05) is 0 Å². The minimum atomic E-state index is 0.844. The summed E-state index contributed by atoms with van der Waals surface area (Å²) in [6.45, 7) is 2.37. The fourth-order valence-corrected chi connectivity index (χ4v) is 5.13. The van der Waals surface area contributed by atoms with Gasteiger partial charge in [0.25, 0.3) is 0 Å². The van der Waals surface area contributed by atoms with E-state index < -0.39 is 0 Å². The molecule has 23 heavy (non-hydrogen) atoms. The topological polar surface area (TPSA) is 0 Å². The molecule has 0 radical (unpaired) electrons. The lowest BCUT2D eigenvalue weighted by molar-refractivity contribution is 0.241. The average Bonchev–Trinajstić information content (AvgIpc) is 2.64. The van der Waals surface area contributed by atoms with Gasteiger partial charge < -0.3 is 0 Å². The lowest BCUT2D eigenvalue weighted by atomic mass is 9.75. The van der Waals surface area contributed by atoms with Crippen molar-refractivity contribution in [3.63, 3.8) is 0 Å². The normalized spacial score (nSPS) is 31.9. The first-order valence-electron chi connectivity index (χ1n) is 10.4. The summed E-state index contributed by atoms with van der Waals surface area (Å²) in [5, 5.41) is 0. The summed E-state index contributed by atoms with van der Waals surface area (Å²) in [6.07, 6.45) is 17.8. The molecule has 3 rings (SSSR count). The first-order valence-corrected chi connectivity index (χ1v) is 10.4. The molecule has 0 spiro atoms. The van der Waals surface area contributed by atoms with Gasteiger partial charge in [0.2, 0.25) is 0 Å². The van der Waals surface area contributed by atoms with Crippen LogP contribution < -0.4 is 0 Å². The summed E-state index contributed by atoms with van der Waals surface area (Å²) in [7, 11) is 0. The van der Waals surface area contributed by atoms with Crippen LogP contribution in [-0.2, 0) is 0 Å². The molecule has 1 aromatic carbocycles. The lowest BCUT2D eigenvalue weighted by Crippen LogP contribution is -2.16. The number of benzene rings is 1. The largest absolute Gasteiger partial charge is 0.0651 e. The van der Waals surface area contributed by atoms with Gasteiger partial charge in [-0.3, -0.25) is 0 Å². The quantitative estimate of drug-likeness (QED) is 0.515. The van der Waals surface area contributed by atoms with Gasteiger partial charge in [-0.15, -0.1) is 0 Å². The van der Waals surface area contributed by atoms with Crippen LogP contribution in [0.15, 0.2) is 30.3 Å². The van der Waals surface area contributed by atoms with Crippen LogP contribution in [0.5, 0.6) is 0 Å². The molecule has 0 bridgehead atoms. The standard InChI is InChI=1S/C23H36/c1-2-19-11-13-20(14-12-19)7-6-8-21-15-17-23(18-16-21)22-9-4-3-5-10-22/h3-5,9-10,19-21,23H,2,6-8,11-18H2,1H3. The zero-order valence-corrected chi connectivity index (χ0v) is 15.2. The Bertz CT molecular complexity index is 419. The second-order valence-corrected chi connectivity index (χ2v) is 8.35. The van der Waals surface area contributed by atoms with Crippen LogP contribution in [0, 0.1) is 17.8 Å². The Morgan fingerprint density at radius 3 is 1.78 bits per heavy atom. The summed E-state index contributed by atoms with van der Waals surface area (Å²) in [5.74, 6) is 4.00. The monoisotopic (exact) mass is 312 g/mol. The van der Waals surface area contributed by atoms with Gasteiger partial charge in [-0.05, 0) is 54.9 Å². The van der Waals surface area contributed by atoms with Crippen LogP contribution in [0.25, 0.3) is 0 Å². The van der Waals surface area contributed by atoms with Gasteiger partial charge in [0.05, 0.1) is 0 Å². The molecular weight excluding hydrogens is 276 g/mol. The third-order valence-electron chi connectivity index (χ3n) is 6.89. The van der Waals surface area contributed by atoms with Gasteiger partial charge in [0, 0.05) is 0 Å². The van der Waals surface area contributed by atoms with E-state index >= 15 is 0 Å². The summed E-state index contributed by atoms with van der Waals surface area (Å²) in [6, 6.07) is 11.2. The van der Waals surface area contributed by atoms with Crippen molar-refractivity contribution in [3.8, 4) is 0 Å². The summed E-state index contributed by atoms with van der Waals surface area (Å²) < 4.78 is 0. The smallest absolute Gasteiger partial charge is 0.0162 e. The maximum absolute atomic E-state index is 2.37. The molecule has 0 saturated heterocycles. The second-order valence-electron chi connectivity index (χ2n) is 8.35. The third kappa shape index (κ3) is 5.10. The first-order chi connectivity index (χ1) is 11.3. The molecule has 0 amide bonds. The van der Waals surface area contributed by atoms with E-state index in [1.54, 1.807) is 5.56 Å². The van der Waals surface area contributed by atoms with Crippen molar-refractivity contribution in [3.05, 3.63) is 35.9 Å². The van der Waals surface area contributed by atoms with E-state index in [-0.39, 0.29) is 0 Å². The zero-order chi connectivity index (χ0) is 15.9. The molecule has 0 heteroatoms. The van der Waals surface area contributed by atoms with Crippen molar-refractivity contribution < 1.29 is 0 Å². The molecule has 0 atom stereocenters. The highest BCUT2D eigenvalue weighted by atomic mass is 14.3. The highest BCUT2D eigenvalue weighted by Crippen LogP contribution is 2.39. The molecule has 128 valence electrons. The van der Waals surface area contributed by atoms with Crippen molar-refractivity contribution >= 4 is 0 Å². The van der Waals surface area contributed by atoms with Gasteiger partial charge in [-0.1, -0.05) is 88.6 Å². The van der Waals surface area contributed by atoms with E-state index in [2.05, 4.69) is 37.3 Å². The van der Waals surface area contributed by atoms with Gasteiger partial charge in [-0.2, -0.15) is 0 Å². The summed E-state index contributed by atoms with van der Waals surface area (Å²) in [5.41, 5.74) is 1.58. The van der Waals surface area contributed by atoms with Crippen molar-refractivity contribution in [1.29, 1.82) is 0 Å². The summed E-state index contributed by atoms with van der Waals surface area (Å²) in [4.78, 5) is 0. The lowest BCUT2D eigenvalue weighted by Gasteiger charge is -2.30. The van der Waals surface area contributed by atoms with Crippen LogP contribution in [-0.4, -0.2) is 0 Å². The maximum Gasteiger partial charge on any atom is -0.0162 e. The van der Waals surface area contributed by atoms with Crippen LogP contribution in [0.2, 0.25) is 0 Å². The van der Waals surface area contributed by atoms with Crippen molar-refractivity contribution in [2.45, 2.75) is 89.9 Å². The minimum Gasteiger partial charge on any atom is -0.0651 e. The number of rotatable bonds is 6. The van der Waals surface area contributed by atoms with E-state index in [1.165, 1.54) is 77.0 Å². The van der Waals surface area contributed by atoms with Gasteiger partial charge in [-0.25, -0.2) is 0 Å². The van der Waals surface area contributed by atoms with Gasteiger partial charge in [0.15, 0.2) is 0 Å².